The molecule has 0 spiro atoms. The fourth-order valence-corrected chi connectivity index (χ4v) is 3.98. The van der Waals surface area contributed by atoms with Crippen LogP contribution in [0.3, 0.4) is 0 Å². The molecule has 2 aromatic rings. The summed E-state index contributed by atoms with van der Waals surface area (Å²) in [4.78, 5) is 26.9. The highest BCUT2D eigenvalue weighted by molar-refractivity contribution is 7.10. The smallest absolute Gasteiger partial charge is 0.238 e. The minimum absolute atomic E-state index is 0.0306. The minimum Gasteiger partial charge on any atom is -0.493 e. The van der Waals surface area contributed by atoms with Crippen molar-refractivity contribution in [3.8, 4) is 11.5 Å². The molecule has 1 aliphatic rings. The van der Waals surface area contributed by atoms with Crippen molar-refractivity contribution in [1.29, 1.82) is 0 Å². The van der Waals surface area contributed by atoms with E-state index in [1.807, 2.05) is 13.0 Å². The average Bonchev–Trinajstić information content (AvgIpc) is 3.12. The van der Waals surface area contributed by atoms with E-state index in [9.17, 15) is 9.59 Å². The number of hydrogen-bond acceptors (Lipinski definition) is 7. The molecule has 2 N–H and O–H groups in total. The molecule has 0 saturated carbocycles. The van der Waals surface area contributed by atoms with Crippen LogP contribution in [0, 0.1) is 12.8 Å². The van der Waals surface area contributed by atoms with Crippen LogP contribution < -0.4 is 20.1 Å². The number of benzene rings is 1. The van der Waals surface area contributed by atoms with E-state index in [0.717, 1.165) is 23.5 Å². The molecule has 0 bridgehead atoms. The van der Waals surface area contributed by atoms with Crippen LogP contribution in [0.4, 0.5) is 10.7 Å². The Hall–Kier alpha value is -2.65. The molecular formula is C20H26N4O4S. The van der Waals surface area contributed by atoms with Crippen LogP contribution in [0.15, 0.2) is 24.3 Å². The number of carbonyl (C=O) groups is 2. The van der Waals surface area contributed by atoms with Crippen molar-refractivity contribution in [3.05, 3.63) is 30.0 Å². The second-order valence-electron chi connectivity index (χ2n) is 6.99. The number of nitrogens with one attached hydrogen (secondary N) is 2. The van der Waals surface area contributed by atoms with Crippen LogP contribution in [0.5, 0.6) is 11.5 Å². The molecule has 2 amide bonds. The van der Waals surface area contributed by atoms with Crippen LogP contribution in [0.2, 0.25) is 0 Å². The molecule has 1 fully saturated rings. The molecule has 3 rings (SSSR count). The number of aryl methyl sites for hydroxylation is 1. The Kier molecular flexibility index (Phi) is 7.05. The van der Waals surface area contributed by atoms with Crippen LogP contribution in [0.25, 0.3) is 0 Å². The number of aromatic nitrogens is 1. The van der Waals surface area contributed by atoms with Crippen LogP contribution in [-0.2, 0) is 9.59 Å². The third kappa shape index (κ3) is 5.68. The summed E-state index contributed by atoms with van der Waals surface area (Å²) in [5, 5.41) is 6.60. The van der Waals surface area contributed by atoms with E-state index in [1.54, 1.807) is 32.4 Å². The first kappa shape index (κ1) is 21.1. The first-order valence-electron chi connectivity index (χ1n) is 9.47. The van der Waals surface area contributed by atoms with Crippen LogP contribution in [-0.4, -0.2) is 54.9 Å². The lowest BCUT2D eigenvalue weighted by Crippen LogP contribution is -2.41. The van der Waals surface area contributed by atoms with Gasteiger partial charge in [-0.2, -0.15) is 4.37 Å². The van der Waals surface area contributed by atoms with E-state index < -0.39 is 0 Å². The van der Waals surface area contributed by atoms with Gasteiger partial charge < -0.3 is 20.1 Å². The summed E-state index contributed by atoms with van der Waals surface area (Å²) in [6.45, 7) is 3.60. The van der Waals surface area contributed by atoms with E-state index >= 15 is 0 Å². The number of nitrogens with zero attached hydrogens (tertiary/aromatic N) is 2. The molecular weight excluding hydrogens is 392 g/mol. The van der Waals surface area contributed by atoms with Gasteiger partial charge in [0.15, 0.2) is 11.5 Å². The summed E-state index contributed by atoms with van der Waals surface area (Å²) in [7, 11) is 3.12. The van der Waals surface area contributed by atoms with E-state index in [1.165, 1.54) is 11.5 Å². The third-order valence-electron chi connectivity index (χ3n) is 4.87. The van der Waals surface area contributed by atoms with Crippen molar-refractivity contribution in [2.45, 2.75) is 19.8 Å². The summed E-state index contributed by atoms with van der Waals surface area (Å²) in [6.07, 6.45) is 1.46. The van der Waals surface area contributed by atoms with Crippen LogP contribution in [0.1, 0.15) is 18.5 Å². The molecule has 0 atom stereocenters. The van der Waals surface area contributed by atoms with Crippen molar-refractivity contribution in [2.24, 2.45) is 5.92 Å². The lowest BCUT2D eigenvalue weighted by molar-refractivity contribution is -0.121. The number of likely N-dealkylation sites (tertiary alicyclic amines) is 1. The zero-order chi connectivity index (χ0) is 20.8. The van der Waals surface area contributed by atoms with Crippen molar-refractivity contribution in [2.75, 3.05) is 44.5 Å². The minimum atomic E-state index is -0.0970. The number of carbonyl (C=O) groups excluding carboxylic acids is 2. The van der Waals surface area contributed by atoms with Gasteiger partial charge in [-0.05, 0) is 62.6 Å². The van der Waals surface area contributed by atoms with Gasteiger partial charge in [0.25, 0.3) is 0 Å². The largest absolute Gasteiger partial charge is 0.493 e. The summed E-state index contributed by atoms with van der Waals surface area (Å²) in [5.74, 6) is 1.07. The second-order valence-corrected chi connectivity index (χ2v) is 7.80. The molecule has 0 aliphatic carbocycles. The van der Waals surface area contributed by atoms with Crippen molar-refractivity contribution >= 4 is 34.0 Å². The highest BCUT2D eigenvalue weighted by Gasteiger charge is 2.26. The molecule has 156 valence electrons. The normalized spacial score (nSPS) is 15.0. The molecule has 1 aliphatic heterocycles. The Bertz CT molecular complexity index is 862. The predicted octanol–water partition coefficient (Wildman–Crippen LogP) is 2.76. The standard InChI is InChI=1S/C20H26N4O4S/c1-13-10-19(29-23-13)22-20(26)14-6-8-24(9-7-14)12-18(25)21-15-4-5-16(27-2)17(11-15)28-3/h4-5,10-11,14H,6-9,12H2,1-3H3,(H,21,25)(H,22,26). The fraction of sp³-hybridized carbons (Fsp3) is 0.450. The van der Waals surface area contributed by atoms with Gasteiger partial charge in [0.2, 0.25) is 11.8 Å². The molecule has 1 aromatic heterocycles. The number of piperidine rings is 1. The quantitative estimate of drug-likeness (QED) is 0.718. The van der Waals surface area contributed by atoms with E-state index in [2.05, 4.69) is 19.9 Å². The topological polar surface area (TPSA) is 92.8 Å². The molecule has 9 heteroatoms. The zero-order valence-electron chi connectivity index (χ0n) is 16.9. The Balaban J connectivity index is 1.45. The zero-order valence-corrected chi connectivity index (χ0v) is 17.7. The maximum absolute atomic E-state index is 12.4. The lowest BCUT2D eigenvalue weighted by Gasteiger charge is -2.30. The highest BCUT2D eigenvalue weighted by Crippen LogP contribution is 2.29. The Morgan fingerprint density at radius 2 is 1.86 bits per heavy atom. The first-order chi connectivity index (χ1) is 14.0. The van der Waals surface area contributed by atoms with Gasteiger partial charge >= 0.3 is 0 Å². The molecule has 8 nitrogen and oxygen atoms in total. The van der Waals surface area contributed by atoms with Gasteiger partial charge in [-0.25, -0.2) is 0 Å². The Labute approximate surface area is 174 Å². The fourth-order valence-electron chi connectivity index (χ4n) is 3.32. The van der Waals surface area contributed by atoms with Crippen molar-refractivity contribution < 1.29 is 19.1 Å². The van der Waals surface area contributed by atoms with Crippen molar-refractivity contribution in [1.82, 2.24) is 9.27 Å². The van der Waals surface area contributed by atoms with Gasteiger partial charge in [-0.1, -0.05) is 0 Å². The second kappa shape index (κ2) is 9.71. The predicted molar refractivity (Wildman–Crippen MR) is 113 cm³/mol. The third-order valence-corrected chi connectivity index (χ3v) is 5.66. The number of ether oxygens (including phenoxy) is 2. The van der Waals surface area contributed by atoms with E-state index in [-0.39, 0.29) is 24.3 Å². The number of methoxy groups -OCH3 is 2. The molecule has 1 aromatic carbocycles. The molecule has 0 unspecified atom stereocenters. The lowest BCUT2D eigenvalue weighted by atomic mass is 9.96. The van der Waals surface area contributed by atoms with Gasteiger partial charge in [-0.3, -0.25) is 14.5 Å². The van der Waals surface area contributed by atoms with Crippen LogP contribution >= 0.6 is 11.5 Å². The molecule has 1 saturated heterocycles. The SMILES string of the molecule is COc1ccc(NC(=O)CN2CCC(C(=O)Nc3cc(C)ns3)CC2)cc1OC. The average molecular weight is 419 g/mol. The van der Waals surface area contributed by atoms with Gasteiger partial charge in [0, 0.05) is 17.7 Å². The first-order valence-corrected chi connectivity index (χ1v) is 10.2. The molecule has 2 heterocycles. The van der Waals surface area contributed by atoms with Crippen molar-refractivity contribution in [3.63, 3.8) is 0 Å². The summed E-state index contributed by atoms with van der Waals surface area (Å²) >= 11 is 1.29. The molecule has 0 radical (unpaired) electrons. The van der Waals surface area contributed by atoms with E-state index in [0.29, 0.717) is 30.3 Å². The summed E-state index contributed by atoms with van der Waals surface area (Å²) in [6, 6.07) is 7.13. The highest BCUT2D eigenvalue weighted by atomic mass is 32.1. The number of anilines is 2. The molecule has 29 heavy (non-hydrogen) atoms. The maximum Gasteiger partial charge on any atom is 0.238 e. The van der Waals surface area contributed by atoms with Gasteiger partial charge in [-0.15, -0.1) is 0 Å². The Morgan fingerprint density at radius 1 is 1.14 bits per heavy atom. The Morgan fingerprint density at radius 3 is 2.48 bits per heavy atom. The van der Waals surface area contributed by atoms with Gasteiger partial charge in [0.1, 0.15) is 5.00 Å². The van der Waals surface area contributed by atoms with Gasteiger partial charge in [0.05, 0.1) is 26.5 Å². The number of rotatable bonds is 7. The number of hydrogen-bond donors (Lipinski definition) is 2. The number of amides is 2. The maximum atomic E-state index is 12.4. The van der Waals surface area contributed by atoms with E-state index in [4.69, 9.17) is 9.47 Å². The monoisotopic (exact) mass is 418 g/mol. The summed E-state index contributed by atoms with van der Waals surface area (Å²) < 4.78 is 14.6. The summed E-state index contributed by atoms with van der Waals surface area (Å²) in [5.41, 5.74) is 1.56.